The average molecular weight is 423 g/mol. The molecule has 7 heteroatoms. The first kappa shape index (κ1) is 20.2. The van der Waals surface area contributed by atoms with E-state index in [0.717, 1.165) is 37.3 Å². The minimum atomic E-state index is -0.596. The third-order valence-electron chi connectivity index (χ3n) is 6.92. The van der Waals surface area contributed by atoms with Gasteiger partial charge in [0, 0.05) is 51.4 Å². The number of imidazole rings is 1. The summed E-state index contributed by atoms with van der Waals surface area (Å²) >= 11 is 0. The van der Waals surface area contributed by atoms with E-state index in [0.29, 0.717) is 38.9 Å². The van der Waals surface area contributed by atoms with Crippen LogP contribution in [0.1, 0.15) is 43.5 Å². The summed E-state index contributed by atoms with van der Waals surface area (Å²) in [7, 11) is 0. The van der Waals surface area contributed by atoms with Crippen molar-refractivity contribution in [1.29, 1.82) is 0 Å². The molecule has 0 unspecified atom stereocenters. The van der Waals surface area contributed by atoms with Crippen molar-refractivity contribution in [2.75, 3.05) is 26.2 Å². The topological polar surface area (TPSA) is 67.7 Å². The van der Waals surface area contributed by atoms with Crippen molar-refractivity contribution in [2.45, 2.75) is 56.8 Å². The van der Waals surface area contributed by atoms with Gasteiger partial charge in [-0.05, 0) is 24.8 Å². The Kier molecular flexibility index (Phi) is 5.52. The largest absolute Gasteiger partial charge is 0.352 e. The molecule has 4 heterocycles. The SMILES string of the molecule is O=C(Cc1ccccc1)N1CCC2(CC1)O[C@@H](C(=O)N1CCCCC1)Cn1ccnc12. The van der Waals surface area contributed by atoms with Crippen molar-refractivity contribution in [3.05, 3.63) is 54.1 Å². The molecular formula is C24H30N4O3. The molecule has 0 N–H and O–H groups in total. The fraction of sp³-hybridized carbons (Fsp3) is 0.542. The summed E-state index contributed by atoms with van der Waals surface area (Å²) in [6, 6.07) is 9.86. The Hall–Kier alpha value is -2.67. The number of hydrogen-bond acceptors (Lipinski definition) is 4. The highest BCUT2D eigenvalue weighted by Gasteiger charge is 2.48. The van der Waals surface area contributed by atoms with Crippen LogP contribution < -0.4 is 0 Å². The molecule has 1 spiro atoms. The van der Waals surface area contributed by atoms with Gasteiger partial charge in [0.05, 0.1) is 13.0 Å². The molecule has 2 amide bonds. The van der Waals surface area contributed by atoms with Gasteiger partial charge in [-0.3, -0.25) is 9.59 Å². The van der Waals surface area contributed by atoms with Crippen molar-refractivity contribution < 1.29 is 14.3 Å². The van der Waals surface area contributed by atoms with Crippen molar-refractivity contribution >= 4 is 11.8 Å². The lowest BCUT2D eigenvalue weighted by molar-refractivity contribution is -0.183. The van der Waals surface area contributed by atoms with Crippen LogP contribution in [0.3, 0.4) is 0 Å². The Morgan fingerprint density at radius 1 is 1.00 bits per heavy atom. The Labute approximate surface area is 183 Å². The molecule has 0 aliphatic carbocycles. The summed E-state index contributed by atoms with van der Waals surface area (Å²) < 4.78 is 8.63. The molecule has 31 heavy (non-hydrogen) atoms. The summed E-state index contributed by atoms with van der Waals surface area (Å²) in [5.74, 6) is 1.13. The van der Waals surface area contributed by atoms with Gasteiger partial charge < -0.3 is 19.1 Å². The number of piperidine rings is 2. The van der Waals surface area contributed by atoms with Crippen molar-refractivity contribution in [2.24, 2.45) is 0 Å². The summed E-state index contributed by atoms with van der Waals surface area (Å²) in [4.78, 5) is 34.5. The van der Waals surface area contributed by atoms with E-state index < -0.39 is 11.7 Å². The van der Waals surface area contributed by atoms with Crippen LogP contribution >= 0.6 is 0 Å². The molecule has 2 saturated heterocycles. The summed E-state index contributed by atoms with van der Waals surface area (Å²) in [6.45, 7) is 3.39. The second-order valence-electron chi connectivity index (χ2n) is 8.93. The van der Waals surface area contributed by atoms with Gasteiger partial charge >= 0.3 is 0 Å². The van der Waals surface area contributed by atoms with Gasteiger partial charge in [-0.2, -0.15) is 0 Å². The van der Waals surface area contributed by atoms with E-state index >= 15 is 0 Å². The van der Waals surface area contributed by atoms with E-state index in [2.05, 4.69) is 9.55 Å². The number of likely N-dealkylation sites (tertiary alicyclic amines) is 2. The quantitative estimate of drug-likeness (QED) is 0.762. The molecule has 1 aromatic carbocycles. The number of ether oxygens (including phenoxy) is 1. The number of hydrogen-bond donors (Lipinski definition) is 0. The number of nitrogens with zero attached hydrogens (tertiary/aromatic N) is 4. The minimum absolute atomic E-state index is 0.0982. The Bertz CT molecular complexity index is 927. The number of benzene rings is 1. The standard InChI is InChI=1S/C24H30N4O3/c29-21(17-19-7-3-1-4-8-19)26-14-9-24(10-15-26)23-25-11-16-28(23)18-20(31-24)22(30)27-12-5-2-6-13-27/h1,3-4,7-8,11,16,20H,2,5-6,9-10,12-15,17-18H2/t20-/m1/s1. The lowest BCUT2D eigenvalue weighted by atomic mass is 9.88. The van der Waals surface area contributed by atoms with E-state index in [1.165, 1.54) is 6.42 Å². The highest BCUT2D eigenvalue weighted by atomic mass is 16.5. The molecule has 1 atom stereocenters. The normalized spacial score (nSPS) is 22.9. The first-order valence-electron chi connectivity index (χ1n) is 11.4. The fourth-order valence-corrected chi connectivity index (χ4v) is 5.18. The van der Waals surface area contributed by atoms with Crippen molar-refractivity contribution in [1.82, 2.24) is 19.4 Å². The number of amides is 2. The minimum Gasteiger partial charge on any atom is -0.352 e. The average Bonchev–Trinajstić information content (AvgIpc) is 3.30. The molecule has 164 valence electrons. The van der Waals surface area contributed by atoms with Crippen LogP contribution in [0.25, 0.3) is 0 Å². The summed E-state index contributed by atoms with van der Waals surface area (Å²) in [6.07, 6.45) is 8.33. The molecular weight excluding hydrogens is 392 g/mol. The third kappa shape index (κ3) is 3.99. The maximum absolute atomic E-state index is 13.2. The van der Waals surface area contributed by atoms with E-state index in [9.17, 15) is 9.59 Å². The van der Waals surface area contributed by atoms with Gasteiger partial charge in [0.2, 0.25) is 5.91 Å². The Morgan fingerprint density at radius 3 is 2.48 bits per heavy atom. The monoisotopic (exact) mass is 422 g/mol. The highest BCUT2D eigenvalue weighted by molar-refractivity contribution is 5.81. The summed E-state index contributed by atoms with van der Waals surface area (Å²) in [5.41, 5.74) is 0.436. The van der Waals surface area contributed by atoms with Crippen LogP contribution in [0.2, 0.25) is 0 Å². The molecule has 3 aliphatic heterocycles. The van der Waals surface area contributed by atoms with Gasteiger partial charge in [0.1, 0.15) is 11.4 Å². The zero-order valence-corrected chi connectivity index (χ0v) is 17.9. The maximum Gasteiger partial charge on any atom is 0.253 e. The Balaban J connectivity index is 1.29. The number of aromatic nitrogens is 2. The highest BCUT2D eigenvalue weighted by Crippen LogP contribution is 2.40. The lowest BCUT2D eigenvalue weighted by Gasteiger charge is -2.46. The van der Waals surface area contributed by atoms with Gasteiger partial charge in [-0.25, -0.2) is 4.98 Å². The molecule has 0 saturated carbocycles. The second-order valence-corrected chi connectivity index (χ2v) is 8.93. The number of rotatable bonds is 3. The van der Waals surface area contributed by atoms with Crippen LogP contribution in [0.15, 0.2) is 42.7 Å². The number of carbonyl (C=O) groups excluding carboxylic acids is 2. The summed E-state index contributed by atoms with van der Waals surface area (Å²) in [5, 5.41) is 0. The van der Waals surface area contributed by atoms with Crippen molar-refractivity contribution in [3.63, 3.8) is 0 Å². The Morgan fingerprint density at radius 2 is 1.74 bits per heavy atom. The predicted octanol–water partition coefficient (Wildman–Crippen LogP) is 2.35. The molecule has 2 aromatic rings. The van der Waals surface area contributed by atoms with Crippen LogP contribution in [0, 0.1) is 0 Å². The molecule has 3 aliphatic rings. The van der Waals surface area contributed by atoms with E-state index in [1.54, 1.807) is 6.20 Å². The smallest absolute Gasteiger partial charge is 0.253 e. The molecule has 2 fully saturated rings. The predicted molar refractivity (Wildman–Crippen MR) is 115 cm³/mol. The maximum atomic E-state index is 13.2. The molecule has 7 nitrogen and oxygen atoms in total. The van der Waals surface area contributed by atoms with Gasteiger partial charge in [-0.1, -0.05) is 30.3 Å². The van der Waals surface area contributed by atoms with E-state index in [4.69, 9.17) is 4.74 Å². The molecule has 0 bridgehead atoms. The molecule has 1 aromatic heterocycles. The van der Waals surface area contributed by atoms with Crippen LogP contribution in [-0.4, -0.2) is 63.4 Å². The van der Waals surface area contributed by atoms with Crippen molar-refractivity contribution in [3.8, 4) is 0 Å². The number of fused-ring (bicyclic) bond motifs is 2. The van der Waals surface area contributed by atoms with E-state index in [1.807, 2.05) is 46.3 Å². The fourth-order valence-electron chi connectivity index (χ4n) is 5.18. The van der Waals surface area contributed by atoms with Gasteiger partial charge in [-0.15, -0.1) is 0 Å². The molecule has 5 rings (SSSR count). The van der Waals surface area contributed by atoms with Crippen LogP contribution in [0.4, 0.5) is 0 Å². The zero-order chi connectivity index (χ0) is 21.3. The first-order chi connectivity index (χ1) is 15.1. The zero-order valence-electron chi connectivity index (χ0n) is 17.9. The number of carbonyl (C=O) groups is 2. The first-order valence-corrected chi connectivity index (χ1v) is 11.4. The molecule has 0 radical (unpaired) electrons. The second kappa shape index (κ2) is 8.46. The lowest BCUT2D eigenvalue weighted by Crippen LogP contribution is -2.55. The van der Waals surface area contributed by atoms with Gasteiger partial charge in [0.25, 0.3) is 5.91 Å². The van der Waals surface area contributed by atoms with Crippen LogP contribution in [0.5, 0.6) is 0 Å². The van der Waals surface area contributed by atoms with Gasteiger partial charge in [0.15, 0.2) is 6.10 Å². The van der Waals surface area contributed by atoms with Crippen LogP contribution in [-0.2, 0) is 32.9 Å². The van der Waals surface area contributed by atoms with E-state index in [-0.39, 0.29) is 11.8 Å². The third-order valence-corrected chi connectivity index (χ3v) is 6.92.